The molecule has 1 unspecified atom stereocenters. The highest BCUT2D eigenvalue weighted by atomic mass is 16.5. The van der Waals surface area contributed by atoms with Crippen molar-refractivity contribution in [2.45, 2.75) is 85.5 Å². The van der Waals surface area contributed by atoms with Gasteiger partial charge in [-0.3, -0.25) is 4.99 Å². The zero-order valence-electron chi connectivity index (χ0n) is 14.2. The van der Waals surface area contributed by atoms with Crippen molar-refractivity contribution in [1.82, 2.24) is 0 Å². The second kappa shape index (κ2) is 8.61. The molecule has 0 bridgehead atoms. The van der Waals surface area contributed by atoms with Crippen LogP contribution in [0.2, 0.25) is 0 Å². The summed E-state index contributed by atoms with van der Waals surface area (Å²) in [5.74, 6) is 1.72. The summed E-state index contributed by atoms with van der Waals surface area (Å²) in [7, 11) is 0. The van der Waals surface area contributed by atoms with Crippen molar-refractivity contribution in [3.05, 3.63) is 12.2 Å². The number of rotatable bonds is 6. The van der Waals surface area contributed by atoms with Gasteiger partial charge in [-0.1, -0.05) is 19.9 Å². The lowest BCUT2D eigenvalue weighted by Gasteiger charge is -2.33. The molecule has 0 radical (unpaired) electrons. The Bertz CT molecular complexity index is 324. The molecule has 1 fully saturated rings. The first kappa shape index (κ1) is 17.4. The summed E-state index contributed by atoms with van der Waals surface area (Å²) in [5, 5.41) is 0. The molecule has 1 aliphatic rings. The van der Waals surface area contributed by atoms with Crippen LogP contribution in [0.25, 0.3) is 0 Å². The largest absolute Gasteiger partial charge is 0.373 e. The Morgan fingerprint density at radius 1 is 1.10 bits per heavy atom. The summed E-state index contributed by atoms with van der Waals surface area (Å²) >= 11 is 0. The second-order valence-corrected chi connectivity index (χ2v) is 6.63. The Hall–Kier alpha value is -0.630. The van der Waals surface area contributed by atoms with E-state index in [1.54, 1.807) is 0 Å². The quantitative estimate of drug-likeness (QED) is 0.625. The third-order valence-electron chi connectivity index (χ3n) is 4.56. The second-order valence-electron chi connectivity index (χ2n) is 6.63. The summed E-state index contributed by atoms with van der Waals surface area (Å²) in [4.78, 5) is 4.68. The molecular formula is C18H33NO. The molecular weight excluding hydrogens is 246 g/mol. The molecule has 0 saturated heterocycles. The monoisotopic (exact) mass is 279 g/mol. The van der Waals surface area contributed by atoms with Crippen molar-refractivity contribution in [2.75, 3.05) is 0 Å². The highest BCUT2D eigenvalue weighted by molar-refractivity contribution is 5.92. The van der Waals surface area contributed by atoms with E-state index in [4.69, 9.17) is 4.74 Å². The summed E-state index contributed by atoms with van der Waals surface area (Å²) in [5.41, 5.74) is 1.08. The van der Waals surface area contributed by atoms with E-state index in [1.165, 1.54) is 25.7 Å². The van der Waals surface area contributed by atoms with Crippen LogP contribution in [-0.2, 0) is 4.74 Å². The van der Waals surface area contributed by atoms with E-state index >= 15 is 0 Å². The van der Waals surface area contributed by atoms with Crippen LogP contribution in [0.15, 0.2) is 17.1 Å². The van der Waals surface area contributed by atoms with E-state index in [0.717, 1.165) is 17.5 Å². The van der Waals surface area contributed by atoms with Crippen LogP contribution in [-0.4, -0.2) is 24.0 Å². The van der Waals surface area contributed by atoms with Gasteiger partial charge in [0.05, 0.1) is 18.2 Å². The summed E-state index contributed by atoms with van der Waals surface area (Å²) in [6.45, 7) is 13.1. The van der Waals surface area contributed by atoms with Crippen LogP contribution in [0, 0.1) is 11.8 Å². The van der Waals surface area contributed by atoms with E-state index in [0.29, 0.717) is 6.10 Å². The molecule has 1 aliphatic carbocycles. The van der Waals surface area contributed by atoms with Crippen molar-refractivity contribution in [2.24, 2.45) is 16.8 Å². The molecule has 116 valence electrons. The van der Waals surface area contributed by atoms with E-state index in [2.05, 4.69) is 45.7 Å². The molecule has 0 aliphatic heterocycles. The van der Waals surface area contributed by atoms with Gasteiger partial charge in [0.1, 0.15) is 0 Å². The Morgan fingerprint density at radius 2 is 1.70 bits per heavy atom. The predicted molar refractivity (Wildman–Crippen MR) is 88.5 cm³/mol. The zero-order valence-corrected chi connectivity index (χ0v) is 14.2. The van der Waals surface area contributed by atoms with Crippen LogP contribution in [0.1, 0.15) is 67.2 Å². The Kier molecular flexibility index (Phi) is 7.50. The van der Waals surface area contributed by atoms with Crippen molar-refractivity contribution in [3.63, 3.8) is 0 Å². The fourth-order valence-corrected chi connectivity index (χ4v) is 3.02. The first-order valence-electron chi connectivity index (χ1n) is 8.26. The van der Waals surface area contributed by atoms with Gasteiger partial charge in [-0.2, -0.15) is 0 Å². The standard InChI is InChI=1S/C18H33NO/c1-7-8-14(4)19-15(5)16(6)20-18-11-9-17(10-12-18)13(2)3/h7-8,13,15-18H,9-12H2,1-6H3/b8-7-,19-14?/t15-,16?,17?,18?/m1/s1. The normalized spacial score (nSPS) is 28.1. The summed E-state index contributed by atoms with van der Waals surface area (Å²) < 4.78 is 6.23. The SMILES string of the molecule is C/C=C\C(C)=N[C@H](C)C(C)OC1CCC(C(C)C)CC1. The molecule has 0 amide bonds. The van der Waals surface area contributed by atoms with Gasteiger partial charge in [0.25, 0.3) is 0 Å². The molecule has 20 heavy (non-hydrogen) atoms. The lowest BCUT2D eigenvalue weighted by Crippen LogP contribution is -2.31. The van der Waals surface area contributed by atoms with Crippen LogP contribution in [0.4, 0.5) is 0 Å². The van der Waals surface area contributed by atoms with Gasteiger partial charge >= 0.3 is 0 Å². The minimum Gasteiger partial charge on any atom is -0.373 e. The minimum atomic E-state index is 0.204. The lowest BCUT2D eigenvalue weighted by molar-refractivity contribution is -0.0386. The van der Waals surface area contributed by atoms with Crippen LogP contribution in [0.5, 0.6) is 0 Å². The lowest BCUT2D eigenvalue weighted by atomic mass is 9.80. The van der Waals surface area contributed by atoms with Crippen molar-refractivity contribution < 1.29 is 4.74 Å². The van der Waals surface area contributed by atoms with E-state index in [-0.39, 0.29) is 12.1 Å². The number of allylic oxidation sites excluding steroid dienone is 2. The molecule has 1 saturated carbocycles. The molecule has 2 nitrogen and oxygen atoms in total. The first-order chi connectivity index (χ1) is 9.43. The zero-order chi connectivity index (χ0) is 15.1. The van der Waals surface area contributed by atoms with Gasteiger partial charge in [0, 0.05) is 5.71 Å². The van der Waals surface area contributed by atoms with Crippen molar-refractivity contribution in [1.29, 1.82) is 0 Å². The molecule has 0 N–H and O–H groups in total. The number of nitrogens with zero attached hydrogens (tertiary/aromatic N) is 1. The Morgan fingerprint density at radius 3 is 2.20 bits per heavy atom. The van der Waals surface area contributed by atoms with E-state index < -0.39 is 0 Å². The molecule has 0 heterocycles. The predicted octanol–water partition coefficient (Wildman–Crippen LogP) is 5.03. The minimum absolute atomic E-state index is 0.204. The van der Waals surface area contributed by atoms with E-state index in [1.807, 2.05) is 13.0 Å². The highest BCUT2D eigenvalue weighted by Crippen LogP contribution is 2.32. The van der Waals surface area contributed by atoms with Crippen molar-refractivity contribution >= 4 is 5.71 Å². The molecule has 1 rings (SSSR count). The maximum atomic E-state index is 6.23. The third-order valence-corrected chi connectivity index (χ3v) is 4.56. The van der Waals surface area contributed by atoms with Gasteiger partial charge in [0.15, 0.2) is 0 Å². The number of ether oxygens (including phenoxy) is 1. The fraction of sp³-hybridized carbons (Fsp3) is 0.833. The van der Waals surface area contributed by atoms with E-state index in [9.17, 15) is 0 Å². The van der Waals surface area contributed by atoms with Gasteiger partial charge in [-0.15, -0.1) is 0 Å². The summed E-state index contributed by atoms with van der Waals surface area (Å²) in [6, 6.07) is 0.231. The smallest absolute Gasteiger partial charge is 0.0771 e. The molecule has 0 aromatic heterocycles. The first-order valence-corrected chi connectivity index (χ1v) is 8.26. The van der Waals surface area contributed by atoms with Gasteiger partial charge in [-0.25, -0.2) is 0 Å². The Labute approximate surface area is 125 Å². The van der Waals surface area contributed by atoms with Gasteiger partial charge in [0.2, 0.25) is 0 Å². The van der Waals surface area contributed by atoms with Crippen LogP contribution < -0.4 is 0 Å². The average Bonchev–Trinajstić information content (AvgIpc) is 2.39. The third kappa shape index (κ3) is 5.78. The maximum Gasteiger partial charge on any atom is 0.0771 e. The topological polar surface area (TPSA) is 21.6 Å². The van der Waals surface area contributed by atoms with Crippen LogP contribution in [0.3, 0.4) is 0 Å². The summed E-state index contributed by atoms with van der Waals surface area (Å²) in [6.07, 6.45) is 9.82. The number of hydrogen-bond donors (Lipinski definition) is 0. The van der Waals surface area contributed by atoms with Gasteiger partial charge in [-0.05, 0) is 71.3 Å². The number of hydrogen-bond acceptors (Lipinski definition) is 2. The molecule has 2 heteroatoms. The van der Waals surface area contributed by atoms with Crippen molar-refractivity contribution in [3.8, 4) is 0 Å². The average molecular weight is 279 g/mol. The maximum absolute atomic E-state index is 6.23. The van der Waals surface area contributed by atoms with Gasteiger partial charge < -0.3 is 4.74 Å². The molecule has 0 aromatic rings. The number of aliphatic imine (C=N–C) groups is 1. The Balaban J connectivity index is 2.39. The molecule has 0 spiro atoms. The highest BCUT2D eigenvalue weighted by Gasteiger charge is 2.25. The molecule has 0 aromatic carbocycles. The van der Waals surface area contributed by atoms with Crippen LogP contribution >= 0.6 is 0 Å². The molecule has 2 atom stereocenters. The fourth-order valence-electron chi connectivity index (χ4n) is 3.02.